The number of Topliss-reactive ketones (excluding diaryl/α,β-unsaturated/α-hetero) is 1. The van der Waals surface area contributed by atoms with Crippen LogP contribution in [0.5, 0.6) is 0 Å². The quantitative estimate of drug-likeness (QED) is 0.795. The summed E-state index contributed by atoms with van der Waals surface area (Å²) in [4.78, 5) is 25.7. The van der Waals surface area contributed by atoms with Gasteiger partial charge in [-0.1, -0.05) is 0 Å². The van der Waals surface area contributed by atoms with Crippen LogP contribution < -0.4 is 11.1 Å². The molecule has 1 aliphatic rings. The fourth-order valence-electron chi connectivity index (χ4n) is 2.20. The van der Waals surface area contributed by atoms with Gasteiger partial charge in [-0.25, -0.2) is 4.79 Å². The first-order valence-electron chi connectivity index (χ1n) is 6.21. The molecule has 1 aliphatic heterocycles. The Bertz CT molecular complexity index is 652. The van der Waals surface area contributed by atoms with Crippen LogP contribution in [0.15, 0.2) is 27.4 Å². The van der Waals surface area contributed by atoms with Gasteiger partial charge in [-0.2, -0.15) is 0 Å². The van der Waals surface area contributed by atoms with Gasteiger partial charge in [0.2, 0.25) is 0 Å². The van der Waals surface area contributed by atoms with Gasteiger partial charge < -0.3 is 14.5 Å². The Morgan fingerprint density at radius 3 is 3.11 bits per heavy atom. The van der Waals surface area contributed by atoms with E-state index in [0.717, 1.165) is 6.54 Å². The van der Waals surface area contributed by atoms with Gasteiger partial charge in [-0.3, -0.25) is 9.78 Å². The van der Waals surface area contributed by atoms with Crippen LogP contribution >= 0.6 is 0 Å². The average Bonchev–Trinajstić information content (AvgIpc) is 2.78. The van der Waals surface area contributed by atoms with Crippen LogP contribution in [0.25, 0.3) is 11.1 Å². The number of ether oxygens (including phenoxy) is 1. The van der Waals surface area contributed by atoms with E-state index in [2.05, 4.69) is 10.3 Å². The number of carbonyl (C=O) groups is 1. The van der Waals surface area contributed by atoms with Crippen molar-refractivity contribution < 1.29 is 13.9 Å². The molecule has 0 aliphatic carbocycles. The van der Waals surface area contributed by atoms with Crippen molar-refractivity contribution in [2.45, 2.75) is 12.5 Å². The van der Waals surface area contributed by atoms with Crippen molar-refractivity contribution in [3.8, 4) is 0 Å². The van der Waals surface area contributed by atoms with Crippen LogP contribution in [0.3, 0.4) is 0 Å². The highest BCUT2D eigenvalue weighted by atomic mass is 16.5. The lowest BCUT2D eigenvalue weighted by atomic mass is 10.0. The average molecular weight is 262 g/mol. The summed E-state index contributed by atoms with van der Waals surface area (Å²) in [5.41, 5.74) is 1.55. The lowest BCUT2D eigenvalue weighted by Crippen LogP contribution is -2.39. The van der Waals surface area contributed by atoms with E-state index in [1.807, 2.05) is 0 Å². The number of fused-ring (bicyclic) bond motifs is 1. The smallest absolute Gasteiger partial charge is 0.408 e. The number of aromatic amines is 1. The molecule has 2 heterocycles. The predicted molar refractivity (Wildman–Crippen MR) is 68.4 cm³/mol. The number of oxazole rings is 1. The Morgan fingerprint density at radius 1 is 1.42 bits per heavy atom. The fourth-order valence-corrected chi connectivity index (χ4v) is 2.20. The molecule has 19 heavy (non-hydrogen) atoms. The molecule has 1 aromatic heterocycles. The molecule has 1 unspecified atom stereocenters. The van der Waals surface area contributed by atoms with Crippen molar-refractivity contribution in [1.82, 2.24) is 10.3 Å². The van der Waals surface area contributed by atoms with E-state index in [0.29, 0.717) is 36.2 Å². The van der Waals surface area contributed by atoms with Crippen molar-refractivity contribution in [1.29, 1.82) is 0 Å². The zero-order valence-electron chi connectivity index (χ0n) is 10.3. The Morgan fingerprint density at radius 2 is 2.32 bits per heavy atom. The number of carbonyl (C=O) groups excluding carboxylic acids is 1. The van der Waals surface area contributed by atoms with Crippen molar-refractivity contribution in [2.24, 2.45) is 0 Å². The first-order chi connectivity index (χ1) is 9.22. The Kier molecular flexibility index (Phi) is 3.18. The summed E-state index contributed by atoms with van der Waals surface area (Å²) in [5.74, 6) is -0.517. The van der Waals surface area contributed by atoms with Crippen LogP contribution in [0, 0.1) is 0 Å². The molecule has 1 saturated heterocycles. The van der Waals surface area contributed by atoms with E-state index in [1.54, 1.807) is 18.2 Å². The van der Waals surface area contributed by atoms with E-state index in [1.165, 1.54) is 0 Å². The van der Waals surface area contributed by atoms with Gasteiger partial charge in [0.15, 0.2) is 11.4 Å². The van der Waals surface area contributed by atoms with Crippen molar-refractivity contribution in [3.05, 3.63) is 34.3 Å². The lowest BCUT2D eigenvalue weighted by Gasteiger charge is -2.22. The molecule has 6 nitrogen and oxygen atoms in total. The second kappa shape index (κ2) is 4.99. The first-order valence-corrected chi connectivity index (χ1v) is 6.21. The van der Waals surface area contributed by atoms with Crippen LogP contribution in [0.2, 0.25) is 0 Å². The molecule has 100 valence electrons. The number of aromatic nitrogens is 1. The molecule has 2 aromatic rings. The van der Waals surface area contributed by atoms with Gasteiger partial charge in [0.1, 0.15) is 0 Å². The van der Waals surface area contributed by atoms with E-state index in [9.17, 15) is 9.59 Å². The summed E-state index contributed by atoms with van der Waals surface area (Å²) in [6.07, 6.45) is 0.251. The van der Waals surface area contributed by atoms with Gasteiger partial charge in [-0.05, 0) is 18.2 Å². The normalized spacial score (nSPS) is 19.7. The third kappa shape index (κ3) is 2.59. The van der Waals surface area contributed by atoms with E-state index >= 15 is 0 Å². The molecule has 2 N–H and O–H groups in total. The van der Waals surface area contributed by atoms with E-state index < -0.39 is 5.76 Å². The summed E-state index contributed by atoms with van der Waals surface area (Å²) in [5, 5.41) is 3.18. The zero-order chi connectivity index (χ0) is 13.2. The molecule has 1 atom stereocenters. The number of nitrogens with one attached hydrogen (secondary N) is 2. The topological polar surface area (TPSA) is 84.3 Å². The lowest BCUT2D eigenvalue weighted by molar-refractivity contribution is 0.0240. The fraction of sp³-hybridized carbons (Fsp3) is 0.385. The van der Waals surface area contributed by atoms with E-state index in [4.69, 9.17) is 9.15 Å². The second-order valence-corrected chi connectivity index (χ2v) is 4.55. The highest BCUT2D eigenvalue weighted by Crippen LogP contribution is 2.15. The number of rotatable bonds is 3. The summed E-state index contributed by atoms with van der Waals surface area (Å²) >= 11 is 0. The van der Waals surface area contributed by atoms with Crippen molar-refractivity contribution in [2.75, 3.05) is 19.7 Å². The molecular weight excluding hydrogens is 248 g/mol. The minimum atomic E-state index is -0.514. The third-order valence-electron chi connectivity index (χ3n) is 3.16. The summed E-state index contributed by atoms with van der Waals surface area (Å²) in [6, 6.07) is 4.93. The predicted octanol–water partition coefficient (Wildman–Crippen LogP) is 0.682. The Labute approximate surface area is 108 Å². The molecule has 0 radical (unpaired) electrons. The molecule has 0 saturated carbocycles. The molecule has 0 spiro atoms. The number of hydrogen-bond acceptors (Lipinski definition) is 5. The molecule has 1 fully saturated rings. The van der Waals surface area contributed by atoms with Crippen molar-refractivity contribution in [3.63, 3.8) is 0 Å². The minimum absolute atomic E-state index is 0.00218. The monoisotopic (exact) mass is 262 g/mol. The van der Waals surface area contributed by atoms with Crippen LogP contribution in [-0.2, 0) is 4.74 Å². The maximum absolute atomic E-state index is 12.1. The maximum atomic E-state index is 12.1. The highest BCUT2D eigenvalue weighted by Gasteiger charge is 2.18. The maximum Gasteiger partial charge on any atom is 0.417 e. The summed E-state index contributed by atoms with van der Waals surface area (Å²) in [6.45, 7) is 2.15. The Balaban J connectivity index is 1.78. The standard InChI is InChI=1S/C13H14N2O4/c16-11(6-9-7-14-3-4-18-9)8-1-2-12-10(5-8)15-13(17)19-12/h1-2,5,9,14H,3-4,6-7H2,(H,15,17). The number of morpholine rings is 1. The van der Waals surface area contributed by atoms with Crippen LogP contribution in [0.1, 0.15) is 16.8 Å². The van der Waals surface area contributed by atoms with Gasteiger partial charge in [0.25, 0.3) is 0 Å². The van der Waals surface area contributed by atoms with Gasteiger partial charge in [0, 0.05) is 25.1 Å². The van der Waals surface area contributed by atoms with Crippen molar-refractivity contribution >= 4 is 16.9 Å². The highest BCUT2D eigenvalue weighted by molar-refractivity contribution is 5.98. The number of ketones is 1. The molecule has 1 aromatic carbocycles. The van der Waals surface area contributed by atoms with Crippen LogP contribution in [-0.4, -0.2) is 36.6 Å². The van der Waals surface area contributed by atoms with E-state index in [-0.39, 0.29) is 11.9 Å². The SMILES string of the molecule is O=C(CC1CNCCO1)c1ccc2oc(=O)[nH]c2c1. The molecule has 3 rings (SSSR count). The first kappa shape index (κ1) is 12.1. The second-order valence-electron chi connectivity index (χ2n) is 4.55. The number of benzene rings is 1. The molecule has 0 bridgehead atoms. The molecule has 6 heteroatoms. The van der Waals surface area contributed by atoms with Crippen LogP contribution in [0.4, 0.5) is 0 Å². The summed E-state index contributed by atoms with van der Waals surface area (Å²) in [7, 11) is 0. The van der Waals surface area contributed by atoms with Gasteiger partial charge in [-0.15, -0.1) is 0 Å². The largest absolute Gasteiger partial charge is 0.417 e. The third-order valence-corrected chi connectivity index (χ3v) is 3.16. The number of H-pyrrole nitrogens is 1. The number of hydrogen-bond donors (Lipinski definition) is 2. The minimum Gasteiger partial charge on any atom is -0.408 e. The molecular formula is C13H14N2O4. The molecule has 0 amide bonds. The Hall–Kier alpha value is -1.92. The zero-order valence-corrected chi connectivity index (χ0v) is 10.3. The van der Waals surface area contributed by atoms with Gasteiger partial charge >= 0.3 is 5.76 Å². The van der Waals surface area contributed by atoms with Gasteiger partial charge in [0.05, 0.1) is 18.2 Å². The summed E-state index contributed by atoms with van der Waals surface area (Å²) < 4.78 is 10.4.